The van der Waals surface area contributed by atoms with Gasteiger partial charge in [0.05, 0.1) is 11.7 Å². The number of hydrogen-bond acceptors (Lipinski definition) is 2. The van der Waals surface area contributed by atoms with Gasteiger partial charge in [-0.1, -0.05) is 26.0 Å². The number of rotatable bonds is 0. The first-order valence-electron chi connectivity index (χ1n) is 4.45. The van der Waals surface area contributed by atoms with Crippen LogP contribution in [0.2, 0.25) is 0 Å². The van der Waals surface area contributed by atoms with Crippen molar-refractivity contribution in [3.05, 3.63) is 12.2 Å². The third-order valence-electron chi connectivity index (χ3n) is 3.24. The van der Waals surface area contributed by atoms with E-state index in [1.54, 1.807) is 0 Å². The molecule has 0 aliphatic carbocycles. The number of ketones is 1. The summed E-state index contributed by atoms with van der Waals surface area (Å²) < 4.78 is 5.75. The van der Waals surface area contributed by atoms with Crippen LogP contribution in [0.25, 0.3) is 0 Å². The van der Waals surface area contributed by atoms with E-state index in [2.05, 4.69) is 0 Å². The quantitative estimate of drug-likeness (QED) is 0.510. The molecule has 2 rings (SSSR count). The maximum atomic E-state index is 11.7. The monoisotopic (exact) mass is 166 g/mol. The van der Waals surface area contributed by atoms with Gasteiger partial charge in [0.2, 0.25) is 0 Å². The summed E-state index contributed by atoms with van der Waals surface area (Å²) in [5.74, 6) is 0.369. The Morgan fingerprint density at radius 3 is 2.83 bits per heavy atom. The van der Waals surface area contributed by atoms with Gasteiger partial charge in [0.1, 0.15) is 5.78 Å². The molecule has 0 aromatic carbocycles. The molecule has 0 N–H and O–H groups in total. The van der Waals surface area contributed by atoms with Crippen LogP contribution in [0.5, 0.6) is 0 Å². The molecule has 2 bridgehead atoms. The lowest BCUT2D eigenvalue weighted by atomic mass is 9.81. The minimum Gasteiger partial charge on any atom is -0.362 e. The summed E-state index contributed by atoms with van der Waals surface area (Å²) in [6.07, 6.45) is 4.08. The maximum Gasteiger partial charge on any atom is 0.144 e. The molecule has 2 nitrogen and oxygen atoms in total. The van der Waals surface area contributed by atoms with Crippen LogP contribution >= 0.6 is 0 Å². The molecule has 0 aromatic rings. The standard InChI is InChI=1S/C10H14O2/c1-6-8-4-5-10(3,12-8)7(2)9(6)11/h4-8H,1-3H3/t6-,7-,8-,10+/m0/s1. The molecule has 0 unspecified atom stereocenters. The molecule has 2 heterocycles. The van der Waals surface area contributed by atoms with Crippen LogP contribution in [0.15, 0.2) is 12.2 Å². The zero-order valence-corrected chi connectivity index (χ0v) is 7.70. The van der Waals surface area contributed by atoms with E-state index in [0.29, 0.717) is 5.78 Å². The van der Waals surface area contributed by atoms with Crippen molar-refractivity contribution in [1.29, 1.82) is 0 Å². The van der Waals surface area contributed by atoms with Crippen molar-refractivity contribution in [2.24, 2.45) is 11.8 Å². The maximum absolute atomic E-state index is 11.7. The van der Waals surface area contributed by atoms with Gasteiger partial charge in [0.15, 0.2) is 0 Å². The average molecular weight is 166 g/mol. The molecule has 2 heteroatoms. The van der Waals surface area contributed by atoms with Crippen LogP contribution in [0.4, 0.5) is 0 Å². The third-order valence-corrected chi connectivity index (χ3v) is 3.24. The number of carbonyl (C=O) groups excluding carboxylic acids is 1. The largest absolute Gasteiger partial charge is 0.362 e. The fourth-order valence-corrected chi connectivity index (χ4v) is 2.01. The Hall–Kier alpha value is -0.630. The Bertz CT molecular complexity index is 257. The molecule has 1 fully saturated rings. The summed E-state index contributed by atoms with van der Waals surface area (Å²) in [5.41, 5.74) is -0.325. The third kappa shape index (κ3) is 0.816. The topological polar surface area (TPSA) is 26.3 Å². The number of hydrogen-bond donors (Lipinski definition) is 0. The van der Waals surface area contributed by atoms with Gasteiger partial charge in [0.25, 0.3) is 0 Å². The van der Waals surface area contributed by atoms with Crippen molar-refractivity contribution in [3.63, 3.8) is 0 Å². The van der Waals surface area contributed by atoms with E-state index in [-0.39, 0.29) is 23.5 Å². The number of ether oxygens (including phenoxy) is 1. The molecule has 0 radical (unpaired) electrons. The Labute approximate surface area is 72.6 Å². The van der Waals surface area contributed by atoms with Crippen LogP contribution in [-0.4, -0.2) is 17.5 Å². The van der Waals surface area contributed by atoms with E-state index in [0.717, 1.165) is 0 Å². The van der Waals surface area contributed by atoms with Crippen LogP contribution in [0.3, 0.4) is 0 Å². The summed E-state index contributed by atoms with van der Waals surface area (Å²) in [6.45, 7) is 5.88. The molecule has 0 amide bonds. The molecule has 1 saturated heterocycles. The van der Waals surface area contributed by atoms with Gasteiger partial charge in [-0.3, -0.25) is 4.79 Å². The highest BCUT2D eigenvalue weighted by molar-refractivity contribution is 5.86. The molecule has 0 saturated carbocycles. The molecule has 4 atom stereocenters. The summed E-state index contributed by atoms with van der Waals surface area (Å²) in [5, 5.41) is 0. The van der Waals surface area contributed by atoms with Gasteiger partial charge in [-0.05, 0) is 6.92 Å². The van der Waals surface area contributed by atoms with Crippen molar-refractivity contribution in [2.45, 2.75) is 32.5 Å². The summed E-state index contributed by atoms with van der Waals surface area (Å²) >= 11 is 0. The van der Waals surface area contributed by atoms with Crippen LogP contribution in [0, 0.1) is 11.8 Å². The van der Waals surface area contributed by atoms with Gasteiger partial charge in [-0.25, -0.2) is 0 Å². The first kappa shape index (κ1) is 7.99. The van der Waals surface area contributed by atoms with E-state index in [1.807, 2.05) is 32.9 Å². The Morgan fingerprint density at radius 2 is 2.17 bits per heavy atom. The molecule has 12 heavy (non-hydrogen) atoms. The van der Waals surface area contributed by atoms with Gasteiger partial charge >= 0.3 is 0 Å². The van der Waals surface area contributed by atoms with E-state index in [1.165, 1.54) is 0 Å². The minimum absolute atomic E-state index is 0.00231. The summed E-state index contributed by atoms with van der Waals surface area (Å²) in [6, 6.07) is 0. The molecular weight excluding hydrogens is 152 g/mol. The van der Waals surface area contributed by atoms with E-state index in [9.17, 15) is 4.79 Å². The normalized spacial score (nSPS) is 51.6. The van der Waals surface area contributed by atoms with Crippen LogP contribution in [0.1, 0.15) is 20.8 Å². The molecule has 66 valence electrons. The van der Waals surface area contributed by atoms with Crippen molar-refractivity contribution in [3.8, 4) is 0 Å². The highest BCUT2D eigenvalue weighted by Crippen LogP contribution is 2.40. The van der Waals surface area contributed by atoms with Gasteiger partial charge in [-0.2, -0.15) is 0 Å². The predicted octanol–water partition coefficient (Wildman–Crippen LogP) is 1.55. The Balaban J connectivity index is 2.38. The van der Waals surface area contributed by atoms with Gasteiger partial charge in [-0.15, -0.1) is 0 Å². The number of Topliss-reactive ketones (excluding diaryl/α,β-unsaturated/α-hetero) is 1. The summed E-state index contributed by atoms with van der Waals surface area (Å²) in [7, 11) is 0. The average Bonchev–Trinajstić information content (AvgIpc) is 2.41. The van der Waals surface area contributed by atoms with Crippen molar-refractivity contribution in [2.75, 3.05) is 0 Å². The van der Waals surface area contributed by atoms with Gasteiger partial charge in [0, 0.05) is 11.8 Å². The lowest BCUT2D eigenvalue weighted by Gasteiger charge is -2.38. The fourth-order valence-electron chi connectivity index (χ4n) is 2.01. The van der Waals surface area contributed by atoms with Crippen molar-refractivity contribution >= 4 is 5.78 Å². The Morgan fingerprint density at radius 1 is 1.50 bits per heavy atom. The van der Waals surface area contributed by atoms with E-state index in [4.69, 9.17) is 4.74 Å². The molecular formula is C10H14O2. The fraction of sp³-hybridized carbons (Fsp3) is 0.700. The van der Waals surface area contributed by atoms with Crippen molar-refractivity contribution in [1.82, 2.24) is 0 Å². The van der Waals surface area contributed by atoms with E-state index >= 15 is 0 Å². The summed E-state index contributed by atoms with van der Waals surface area (Å²) in [4.78, 5) is 11.7. The predicted molar refractivity (Wildman–Crippen MR) is 45.8 cm³/mol. The zero-order chi connectivity index (χ0) is 8.93. The number of carbonyl (C=O) groups is 1. The SMILES string of the molecule is C[C@@H]1C(=O)[C@H](C)[C@@]2(C)C=C[C@@H]1O2. The second-order valence-electron chi connectivity index (χ2n) is 4.04. The second-order valence-corrected chi connectivity index (χ2v) is 4.04. The highest BCUT2D eigenvalue weighted by Gasteiger charge is 2.48. The lowest BCUT2D eigenvalue weighted by molar-refractivity contribution is -0.155. The smallest absolute Gasteiger partial charge is 0.144 e. The molecule has 0 spiro atoms. The van der Waals surface area contributed by atoms with Crippen LogP contribution in [-0.2, 0) is 9.53 Å². The van der Waals surface area contributed by atoms with Gasteiger partial charge < -0.3 is 4.74 Å². The first-order valence-corrected chi connectivity index (χ1v) is 4.45. The lowest BCUT2D eigenvalue weighted by Crippen LogP contribution is -2.48. The highest BCUT2D eigenvalue weighted by atomic mass is 16.5. The molecule has 2 aliphatic rings. The first-order chi connectivity index (χ1) is 5.54. The molecule has 2 aliphatic heterocycles. The second kappa shape index (κ2) is 2.19. The van der Waals surface area contributed by atoms with Crippen molar-refractivity contribution < 1.29 is 9.53 Å². The number of fused-ring (bicyclic) bond motifs is 2. The molecule has 0 aromatic heterocycles. The zero-order valence-electron chi connectivity index (χ0n) is 7.70. The minimum atomic E-state index is -0.325. The van der Waals surface area contributed by atoms with E-state index < -0.39 is 0 Å². The Kier molecular flexibility index (Phi) is 1.46. The van der Waals surface area contributed by atoms with Crippen LogP contribution < -0.4 is 0 Å².